The van der Waals surface area contributed by atoms with Gasteiger partial charge in [-0.1, -0.05) is 50.0 Å². The van der Waals surface area contributed by atoms with Crippen LogP contribution in [0.5, 0.6) is 0 Å². The van der Waals surface area contributed by atoms with Gasteiger partial charge in [-0.25, -0.2) is 0 Å². The smallest absolute Gasteiger partial charge is 0.0193 e. The van der Waals surface area contributed by atoms with Crippen LogP contribution in [0.15, 0.2) is 48.6 Å². The zero-order valence-electron chi connectivity index (χ0n) is 12.2. The molecule has 0 aliphatic rings. The van der Waals surface area contributed by atoms with Gasteiger partial charge in [-0.2, -0.15) is 0 Å². The number of rotatable bonds is 10. The second kappa shape index (κ2) is 11.0. The van der Waals surface area contributed by atoms with Crippen molar-refractivity contribution >= 4 is 0 Å². The summed E-state index contributed by atoms with van der Waals surface area (Å²) in [4.78, 5) is 2.47. The van der Waals surface area contributed by atoms with E-state index in [1.165, 1.54) is 12.0 Å². The van der Waals surface area contributed by atoms with Crippen LogP contribution in [0.25, 0.3) is 0 Å². The minimum atomic E-state index is 1.01. The van der Waals surface area contributed by atoms with Crippen molar-refractivity contribution in [2.24, 2.45) is 0 Å². The van der Waals surface area contributed by atoms with Gasteiger partial charge in [-0.3, -0.25) is 4.90 Å². The average molecular weight is 248 g/mol. The Morgan fingerprint density at radius 1 is 1.28 bits per heavy atom. The highest BCUT2D eigenvalue weighted by atomic mass is 15.1. The highest BCUT2D eigenvalue weighted by Gasteiger charge is 2.03. The quantitative estimate of drug-likeness (QED) is 0.597. The van der Waals surface area contributed by atoms with Crippen molar-refractivity contribution in [1.82, 2.24) is 10.2 Å². The molecular weight excluding hydrogens is 220 g/mol. The van der Waals surface area contributed by atoms with Gasteiger partial charge in [-0.05, 0) is 32.5 Å². The summed E-state index contributed by atoms with van der Waals surface area (Å²) in [5.41, 5.74) is 2.47. The fourth-order valence-corrected chi connectivity index (χ4v) is 1.85. The molecule has 18 heavy (non-hydrogen) atoms. The average Bonchev–Trinajstić information content (AvgIpc) is 2.35. The summed E-state index contributed by atoms with van der Waals surface area (Å²) in [6, 6.07) is 0. The number of allylic oxidation sites excluding steroid dienone is 5. The molecule has 0 amide bonds. The molecule has 102 valence electrons. The Balaban J connectivity index is 4.50. The number of hydrogen-bond acceptors (Lipinski definition) is 2. The predicted molar refractivity (Wildman–Crippen MR) is 82.9 cm³/mol. The summed E-state index contributed by atoms with van der Waals surface area (Å²) in [5.74, 6) is 0. The zero-order valence-corrected chi connectivity index (χ0v) is 12.2. The van der Waals surface area contributed by atoms with Crippen molar-refractivity contribution in [2.75, 3.05) is 33.2 Å². The summed E-state index contributed by atoms with van der Waals surface area (Å²) in [7, 11) is 2.00. The molecule has 2 heteroatoms. The summed E-state index contributed by atoms with van der Waals surface area (Å²) in [6.45, 7) is 16.2. The highest BCUT2D eigenvalue weighted by molar-refractivity contribution is 5.34. The maximum atomic E-state index is 3.81. The molecule has 0 saturated carbocycles. The molecule has 0 aromatic carbocycles. The Morgan fingerprint density at radius 2 is 2.00 bits per heavy atom. The van der Waals surface area contributed by atoms with Crippen LogP contribution in [0.2, 0.25) is 0 Å². The third-order valence-corrected chi connectivity index (χ3v) is 2.65. The minimum absolute atomic E-state index is 1.01. The van der Waals surface area contributed by atoms with Gasteiger partial charge < -0.3 is 5.32 Å². The van der Waals surface area contributed by atoms with Crippen LogP contribution in [0.4, 0.5) is 0 Å². The van der Waals surface area contributed by atoms with E-state index in [0.717, 1.165) is 31.8 Å². The molecule has 0 unspecified atom stereocenters. The summed E-state index contributed by atoms with van der Waals surface area (Å²) < 4.78 is 0. The number of nitrogens with one attached hydrogen (secondary N) is 1. The van der Waals surface area contributed by atoms with Gasteiger partial charge in [0, 0.05) is 19.6 Å². The monoisotopic (exact) mass is 248 g/mol. The lowest BCUT2D eigenvalue weighted by molar-refractivity contribution is 0.298. The third-order valence-electron chi connectivity index (χ3n) is 2.65. The first kappa shape index (κ1) is 16.9. The number of nitrogens with zero attached hydrogens (tertiary/aromatic N) is 1. The molecule has 0 aromatic rings. The molecule has 0 saturated heterocycles. The van der Waals surface area contributed by atoms with E-state index in [2.05, 4.69) is 43.3 Å². The maximum Gasteiger partial charge on any atom is 0.0193 e. The molecule has 0 atom stereocenters. The third kappa shape index (κ3) is 8.04. The first-order valence-corrected chi connectivity index (χ1v) is 6.67. The molecule has 0 rings (SSSR count). The van der Waals surface area contributed by atoms with E-state index < -0.39 is 0 Å². The van der Waals surface area contributed by atoms with E-state index in [1.54, 1.807) is 6.08 Å². The largest absolute Gasteiger partial charge is 0.318 e. The Kier molecular flexibility index (Phi) is 10.3. The standard InChI is InChI=1S/C16H28N2/c1-6-9-16(8-3)13-15(4)14-18(11-7-2)12-10-17-5/h6,8-9,13,17H,1,3,7,10-12,14H2,2,4-5H3/b15-13+,16-9+. The topological polar surface area (TPSA) is 15.3 Å². The molecule has 0 aromatic heterocycles. The fourth-order valence-electron chi connectivity index (χ4n) is 1.85. The van der Waals surface area contributed by atoms with Crippen LogP contribution in [0.1, 0.15) is 20.3 Å². The summed E-state index contributed by atoms with van der Waals surface area (Å²) >= 11 is 0. The number of hydrogen-bond donors (Lipinski definition) is 1. The number of likely N-dealkylation sites (N-methyl/N-ethyl adjacent to an activating group) is 1. The van der Waals surface area contributed by atoms with E-state index in [4.69, 9.17) is 0 Å². The first-order valence-electron chi connectivity index (χ1n) is 6.67. The molecule has 0 bridgehead atoms. The van der Waals surface area contributed by atoms with Gasteiger partial charge in [-0.15, -0.1) is 0 Å². The molecule has 0 radical (unpaired) electrons. The SMILES string of the molecule is C=C/C=C(C=C)/C=C(\C)CN(CCC)CCNC. The minimum Gasteiger partial charge on any atom is -0.318 e. The van der Waals surface area contributed by atoms with Crippen LogP contribution >= 0.6 is 0 Å². The van der Waals surface area contributed by atoms with E-state index in [0.29, 0.717) is 0 Å². The van der Waals surface area contributed by atoms with Crippen molar-refractivity contribution in [3.63, 3.8) is 0 Å². The van der Waals surface area contributed by atoms with Crippen molar-refractivity contribution < 1.29 is 0 Å². The predicted octanol–water partition coefficient (Wildman–Crippen LogP) is 3.16. The van der Waals surface area contributed by atoms with Gasteiger partial charge in [0.1, 0.15) is 0 Å². The van der Waals surface area contributed by atoms with Crippen LogP contribution in [0.3, 0.4) is 0 Å². The first-order chi connectivity index (χ1) is 8.67. The molecule has 2 nitrogen and oxygen atoms in total. The highest BCUT2D eigenvalue weighted by Crippen LogP contribution is 2.06. The Bertz CT molecular complexity index is 300. The summed E-state index contributed by atoms with van der Waals surface area (Å²) in [5, 5.41) is 3.20. The van der Waals surface area contributed by atoms with Crippen LogP contribution in [-0.4, -0.2) is 38.1 Å². The van der Waals surface area contributed by atoms with Crippen LogP contribution in [-0.2, 0) is 0 Å². The zero-order chi connectivity index (χ0) is 13.8. The van der Waals surface area contributed by atoms with Crippen molar-refractivity contribution in [3.8, 4) is 0 Å². The van der Waals surface area contributed by atoms with Crippen molar-refractivity contribution in [1.29, 1.82) is 0 Å². The molecule has 0 aliphatic heterocycles. The van der Waals surface area contributed by atoms with E-state index in [1.807, 2.05) is 19.2 Å². The second-order valence-electron chi connectivity index (χ2n) is 4.48. The Morgan fingerprint density at radius 3 is 2.50 bits per heavy atom. The second-order valence-corrected chi connectivity index (χ2v) is 4.48. The van der Waals surface area contributed by atoms with E-state index >= 15 is 0 Å². The van der Waals surface area contributed by atoms with Crippen molar-refractivity contribution in [3.05, 3.63) is 48.6 Å². The summed E-state index contributed by atoms with van der Waals surface area (Å²) in [6.07, 6.45) is 9.01. The van der Waals surface area contributed by atoms with Crippen LogP contribution in [0, 0.1) is 0 Å². The Hall–Kier alpha value is -1.12. The van der Waals surface area contributed by atoms with E-state index in [-0.39, 0.29) is 0 Å². The molecule has 0 spiro atoms. The van der Waals surface area contributed by atoms with Gasteiger partial charge in [0.05, 0.1) is 0 Å². The molecular formula is C16H28N2. The Labute approximate surface area is 113 Å². The maximum absolute atomic E-state index is 3.81. The lowest BCUT2D eigenvalue weighted by atomic mass is 10.1. The fraction of sp³-hybridized carbons (Fsp3) is 0.500. The lowest BCUT2D eigenvalue weighted by Crippen LogP contribution is -2.32. The van der Waals surface area contributed by atoms with Gasteiger partial charge in [0.15, 0.2) is 0 Å². The molecule has 0 aliphatic carbocycles. The van der Waals surface area contributed by atoms with Gasteiger partial charge >= 0.3 is 0 Å². The van der Waals surface area contributed by atoms with Gasteiger partial charge in [0.2, 0.25) is 0 Å². The van der Waals surface area contributed by atoms with E-state index in [9.17, 15) is 0 Å². The van der Waals surface area contributed by atoms with Crippen LogP contribution < -0.4 is 5.32 Å². The lowest BCUT2D eigenvalue weighted by Gasteiger charge is -2.22. The molecule has 1 N–H and O–H groups in total. The molecule has 0 fully saturated rings. The normalized spacial score (nSPS) is 12.9. The van der Waals surface area contributed by atoms with Gasteiger partial charge in [0.25, 0.3) is 0 Å². The van der Waals surface area contributed by atoms with Crippen molar-refractivity contribution in [2.45, 2.75) is 20.3 Å². The molecule has 0 heterocycles.